The Labute approximate surface area is 159 Å². The lowest BCUT2D eigenvalue weighted by molar-refractivity contribution is -0.116. The molecule has 9 heteroatoms. The first-order valence-electron chi connectivity index (χ1n) is 7.90. The molecule has 1 aliphatic rings. The van der Waals surface area contributed by atoms with Gasteiger partial charge in [0.05, 0.1) is 12.2 Å². The standard InChI is InChI=1S/C16H19N3O3S2.ClH/c1-2-22-15(21)13-10-5-3-4-6-11(10)24-14(13)18-12(20)9-19-7-8-23-16(19)17;/h7-8,17H,2-6,9H2,1H3,(H,18,20);1H. The number of hydrogen-bond acceptors (Lipinski definition) is 6. The van der Waals surface area contributed by atoms with Crippen molar-refractivity contribution < 1.29 is 14.3 Å². The molecule has 0 saturated carbocycles. The zero-order valence-corrected chi connectivity index (χ0v) is 16.2. The van der Waals surface area contributed by atoms with E-state index in [4.69, 9.17) is 10.1 Å². The number of hydrogen-bond donors (Lipinski definition) is 2. The van der Waals surface area contributed by atoms with Gasteiger partial charge in [-0.3, -0.25) is 10.2 Å². The van der Waals surface area contributed by atoms with Crippen molar-refractivity contribution in [1.29, 1.82) is 5.41 Å². The van der Waals surface area contributed by atoms with Crippen LogP contribution in [-0.4, -0.2) is 23.1 Å². The van der Waals surface area contributed by atoms with E-state index in [2.05, 4.69) is 5.32 Å². The van der Waals surface area contributed by atoms with E-state index >= 15 is 0 Å². The molecular weight excluding hydrogens is 382 g/mol. The molecule has 0 aliphatic heterocycles. The van der Waals surface area contributed by atoms with Gasteiger partial charge in [-0.25, -0.2) is 4.79 Å². The molecule has 6 nitrogen and oxygen atoms in total. The molecule has 0 bridgehead atoms. The first-order chi connectivity index (χ1) is 11.6. The van der Waals surface area contributed by atoms with E-state index in [-0.39, 0.29) is 30.8 Å². The molecule has 0 radical (unpaired) electrons. The second-order valence-electron chi connectivity index (χ2n) is 5.52. The summed E-state index contributed by atoms with van der Waals surface area (Å²) in [5.41, 5.74) is 1.55. The van der Waals surface area contributed by atoms with Crippen molar-refractivity contribution in [2.45, 2.75) is 39.2 Å². The summed E-state index contributed by atoms with van der Waals surface area (Å²) in [5.74, 6) is -0.604. The number of amides is 1. The van der Waals surface area contributed by atoms with Crippen LogP contribution in [0.4, 0.5) is 5.00 Å². The summed E-state index contributed by atoms with van der Waals surface area (Å²) in [7, 11) is 0. The van der Waals surface area contributed by atoms with Gasteiger partial charge in [0.1, 0.15) is 11.5 Å². The molecule has 25 heavy (non-hydrogen) atoms. The van der Waals surface area contributed by atoms with Crippen molar-refractivity contribution in [2.24, 2.45) is 0 Å². The normalized spacial score (nSPS) is 12.8. The molecule has 0 aromatic carbocycles. The number of rotatable bonds is 5. The molecule has 2 aromatic rings. The van der Waals surface area contributed by atoms with Crippen LogP contribution >= 0.6 is 35.1 Å². The van der Waals surface area contributed by atoms with Crippen molar-refractivity contribution in [3.05, 3.63) is 32.4 Å². The minimum absolute atomic E-state index is 0. The number of thiazole rings is 1. The van der Waals surface area contributed by atoms with Crippen LogP contribution in [0.2, 0.25) is 0 Å². The second-order valence-corrected chi connectivity index (χ2v) is 7.52. The fourth-order valence-corrected chi connectivity index (χ4v) is 4.71. The van der Waals surface area contributed by atoms with Crippen LogP contribution < -0.4 is 10.1 Å². The van der Waals surface area contributed by atoms with Crippen molar-refractivity contribution in [1.82, 2.24) is 4.57 Å². The lowest BCUT2D eigenvalue weighted by atomic mass is 9.95. The molecule has 1 amide bonds. The smallest absolute Gasteiger partial charge is 0.341 e. The number of esters is 1. The van der Waals surface area contributed by atoms with Crippen LogP contribution in [0.25, 0.3) is 0 Å². The quantitative estimate of drug-likeness (QED) is 0.754. The van der Waals surface area contributed by atoms with Crippen molar-refractivity contribution in [3.63, 3.8) is 0 Å². The van der Waals surface area contributed by atoms with E-state index in [0.717, 1.165) is 31.2 Å². The molecular formula is C16H20ClN3O3S2. The largest absolute Gasteiger partial charge is 0.462 e. The van der Waals surface area contributed by atoms with Gasteiger partial charge in [0.15, 0.2) is 4.80 Å². The number of aromatic nitrogens is 1. The number of fused-ring (bicyclic) bond motifs is 1. The Balaban J connectivity index is 0.00000225. The molecule has 1 aliphatic carbocycles. The highest BCUT2D eigenvalue weighted by Crippen LogP contribution is 2.38. The van der Waals surface area contributed by atoms with Gasteiger partial charge in [0, 0.05) is 16.5 Å². The average molecular weight is 402 g/mol. The highest BCUT2D eigenvalue weighted by atomic mass is 35.5. The first kappa shape index (κ1) is 19.7. The lowest BCUT2D eigenvalue weighted by Crippen LogP contribution is -2.24. The second kappa shape index (κ2) is 8.64. The Hall–Kier alpha value is -1.64. The minimum atomic E-state index is -0.364. The number of thiophene rings is 1. The molecule has 0 unspecified atom stereocenters. The summed E-state index contributed by atoms with van der Waals surface area (Å²) in [4.78, 5) is 26.2. The molecule has 0 fully saturated rings. The number of carbonyl (C=O) groups is 2. The van der Waals surface area contributed by atoms with Gasteiger partial charge in [-0.2, -0.15) is 0 Å². The molecule has 0 saturated heterocycles. The minimum Gasteiger partial charge on any atom is -0.462 e. The highest BCUT2D eigenvalue weighted by molar-refractivity contribution is 7.17. The third-order valence-corrected chi connectivity index (χ3v) is 5.82. The first-order valence-corrected chi connectivity index (χ1v) is 9.59. The number of nitrogens with one attached hydrogen (secondary N) is 2. The molecule has 2 heterocycles. The summed E-state index contributed by atoms with van der Waals surface area (Å²) < 4.78 is 6.75. The van der Waals surface area contributed by atoms with Gasteiger partial charge in [-0.05, 0) is 38.2 Å². The summed E-state index contributed by atoms with van der Waals surface area (Å²) in [6.07, 6.45) is 5.66. The van der Waals surface area contributed by atoms with Crippen molar-refractivity contribution >= 4 is 52.0 Å². The number of ether oxygens (including phenoxy) is 1. The number of carbonyl (C=O) groups excluding carboxylic acids is 2. The number of halogens is 1. The molecule has 136 valence electrons. The van der Waals surface area contributed by atoms with Crippen LogP contribution in [0.1, 0.15) is 40.6 Å². The molecule has 2 aromatic heterocycles. The highest BCUT2D eigenvalue weighted by Gasteiger charge is 2.27. The third kappa shape index (κ3) is 4.31. The van der Waals surface area contributed by atoms with E-state index in [1.54, 1.807) is 23.1 Å². The van der Waals surface area contributed by atoms with E-state index in [1.165, 1.54) is 27.6 Å². The molecule has 2 N–H and O–H groups in total. The predicted octanol–water partition coefficient (Wildman–Crippen LogP) is 3.21. The van der Waals surface area contributed by atoms with Crippen molar-refractivity contribution in [2.75, 3.05) is 11.9 Å². The van der Waals surface area contributed by atoms with Gasteiger partial charge in [0.2, 0.25) is 5.91 Å². The van der Waals surface area contributed by atoms with Crippen LogP contribution in [0.3, 0.4) is 0 Å². The third-order valence-electron chi connectivity index (χ3n) is 3.90. The maximum atomic E-state index is 12.4. The van der Waals surface area contributed by atoms with Crippen molar-refractivity contribution in [3.8, 4) is 0 Å². The van der Waals surface area contributed by atoms with E-state index in [9.17, 15) is 9.59 Å². The molecule has 0 atom stereocenters. The van der Waals surface area contributed by atoms with Gasteiger partial charge in [0.25, 0.3) is 0 Å². The van der Waals surface area contributed by atoms with E-state index in [1.807, 2.05) is 0 Å². The fourth-order valence-electron chi connectivity index (χ4n) is 2.82. The van der Waals surface area contributed by atoms with Gasteiger partial charge in [-0.1, -0.05) is 0 Å². The Morgan fingerprint density at radius 1 is 1.36 bits per heavy atom. The van der Waals surface area contributed by atoms with Crippen LogP contribution in [0, 0.1) is 5.41 Å². The maximum absolute atomic E-state index is 12.4. The van der Waals surface area contributed by atoms with Gasteiger partial charge >= 0.3 is 5.97 Å². The van der Waals surface area contributed by atoms with Crippen LogP contribution in [0.15, 0.2) is 11.6 Å². The predicted molar refractivity (Wildman–Crippen MR) is 101 cm³/mol. The average Bonchev–Trinajstić information content (AvgIpc) is 3.11. The molecule has 0 spiro atoms. The lowest BCUT2D eigenvalue weighted by Gasteiger charge is -2.12. The monoisotopic (exact) mass is 401 g/mol. The Morgan fingerprint density at radius 3 is 2.80 bits per heavy atom. The SMILES string of the molecule is CCOC(=O)c1c(NC(=O)Cn2ccsc2=N)sc2c1CCCC2.Cl. The molecule has 3 rings (SSSR count). The van der Waals surface area contributed by atoms with Gasteiger partial charge in [-0.15, -0.1) is 35.1 Å². The number of anilines is 1. The zero-order chi connectivity index (χ0) is 17.1. The summed E-state index contributed by atoms with van der Waals surface area (Å²) in [6.45, 7) is 2.15. The topological polar surface area (TPSA) is 84.2 Å². The van der Waals surface area contributed by atoms with Crippen LogP contribution in [0.5, 0.6) is 0 Å². The Morgan fingerprint density at radius 2 is 2.12 bits per heavy atom. The van der Waals surface area contributed by atoms with E-state index in [0.29, 0.717) is 22.0 Å². The summed E-state index contributed by atoms with van der Waals surface area (Å²) >= 11 is 2.74. The number of aryl methyl sites for hydroxylation is 1. The Bertz CT molecular complexity index is 825. The van der Waals surface area contributed by atoms with Crippen LogP contribution in [-0.2, 0) is 28.9 Å². The zero-order valence-electron chi connectivity index (χ0n) is 13.8. The maximum Gasteiger partial charge on any atom is 0.341 e. The Kier molecular flexibility index (Phi) is 6.80. The number of nitrogens with zero attached hydrogens (tertiary/aromatic N) is 1. The van der Waals surface area contributed by atoms with Gasteiger partial charge < -0.3 is 14.6 Å². The fraction of sp³-hybridized carbons (Fsp3) is 0.438. The summed E-state index contributed by atoms with van der Waals surface area (Å²) in [6, 6.07) is 0. The van der Waals surface area contributed by atoms with E-state index < -0.39 is 0 Å². The summed E-state index contributed by atoms with van der Waals surface area (Å²) in [5, 5.41) is 12.9.